The molecule has 0 fully saturated rings. The van der Waals surface area contributed by atoms with Gasteiger partial charge >= 0.3 is 0 Å². The van der Waals surface area contributed by atoms with Crippen LogP contribution in [0.2, 0.25) is 0 Å². The second kappa shape index (κ2) is 5.49. The molecule has 0 bridgehead atoms. The maximum atomic E-state index is 10.7. The molecule has 7 nitrogen and oxygen atoms in total. The molecule has 0 aliphatic carbocycles. The molecule has 0 aromatic heterocycles. The lowest BCUT2D eigenvalue weighted by Gasteiger charge is -2.15. The number of hydrazone groups is 1. The number of nitro benzene ring substituents is 1. The second-order valence-corrected chi connectivity index (χ2v) is 4.37. The quantitative estimate of drug-likeness (QED) is 0.469. The summed E-state index contributed by atoms with van der Waals surface area (Å²) in [5, 5.41) is 17.4. The molecule has 0 amide bonds. The van der Waals surface area contributed by atoms with Crippen molar-refractivity contribution in [1.29, 1.82) is 0 Å². The van der Waals surface area contributed by atoms with E-state index in [-0.39, 0.29) is 22.7 Å². The number of hydrogen-bond donors (Lipinski definition) is 0. The van der Waals surface area contributed by atoms with Crippen molar-refractivity contribution < 1.29 is 4.92 Å². The normalized spacial score (nSPS) is 16.3. The van der Waals surface area contributed by atoms with Gasteiger partial charge in [-0.05, 0) is 0 Å². The minimum Gasteiger partial charge on any atom is -0.258 e. The molecule has 98 valence electrons. The average Bonchev–Trinajstić information content (AvgIpc) is 2.86. The number of halogens is 1. The number of nitrogens with zero attached hydrogens (tertiary/aromatic N) is 5. The van der Waals surface area contributed by atoms with E-state index in [0.717, 1.165) is 5.17 Å². The first-order valence-corrected chi connectivity index (χ1v) is 5.88. The van der Waals surface area contributed by atoms with E-state index in [0.29, 0.717) is 17.8 Å². The molecule has 1 aromatic rings. The molecule has 0 saturated carbocycles. The van der Waals surface area contributed by atoms with Crippen LogP contribution in [0, 0.1) is 10.1 Å². The van der Waals surface area contributed by atoms with E-state index in [1.807, 2.05) is 0 Å². The van der Waals surface area contributed by atoms with Crippen molar-refractivity contribution in [2.75, 3.05) is 6.54 Å². The molecular weight excluding hydrogens is 334 g/mol. The molecule has 2 aliphatic heterocycles. The molecule has 2 heterocycles. The first-order chi connectivity index (χ1) is 8.74. The number of rotatable bonds is 2. The SMILES string of the molecule is Br.O=[N+]([O-])c1cccc(C2=NN3C=NSC3=NC2)c1. The lowest BCUT2D eigenvalue weighted by atomic mass is 10.1. The highest BCUT2D eigenvalue weighted by Crippen LogP contribution is 2.21. The van der Waals surface area contributed by atoms with Gasteiger partial charge in [0, 0.05) is 17.7 Å². The van der Waals surface area contributed by atoms with E-state index in [2.05, 4.69) is 14.5 Å². The van der Waals surface area contributed by atoms with E-state index in [1.54, 1.807) is 23.5 Å². The molecule has 0 unspecified atom stereocenters. The van der Waals surface area contributed by atoms with Gasteiger partial charge in [0.1, 0.15) is 6.34 Å². The molecule has 0 radical (unpaired) electrons. The zero-order chi connectivity index (χ0) is 12.5. The number of aliphatic imine (C=N–C) groups is 1. The number of fused-ring (bicyclic) bond motifs is 1. The van der Waals surface area contributed by atoms with Gasteiger partial charge in [0.15, 0.2) is 0 Å². The average molecular weight is 342 g/mol. The standard InChI is InChI=1S/C10H7N5O2S.BrH/c16-15(17)8-3-1-2-7(4-8)9-5-11-10-14(13-9)6-12-18-10;/h1-4,6H,5H2;1H. The Morgan fingerprint density at radius 2 is 2.26 bits per heavy atom. The van der Waals surface area contributed by atoms with E-state index in [1.165, 1.54) is 24.1 Å². The maximum Gasteiger partial charge on any atom is 0.270 e. The molecule has 3 rings (SSSR count). The van der Waals surface area contributed by atoms with Gasteiger partial charge in [-0.2, -0.15) is 14.5 Å². The van der Waals surface area contributed by atoms with Crippen LogP contribution in [-0.2, 0) is 0 Å². The lowest BCUT2D eigenvalue weighted by Crippen LogP contribution is -2.26. The fraction of sp³-hybridized carbons (Fsp3) is 0.100. The Bertz CT molecular complexity index is 616. The van der Waals surface area contributed by atoms with Gasteiger partial charge in [0.05, 0.1) is 29.1 Å². The largest absolute Gasteiger partial charge is 0.270 e. The van der Waals surface area contributed by atoms with Gasteiger partial charge < -0.3 is 0 Å². The highest BCUT2D eigenvalue weighted by Gasteiger charge is 2.21. The van der Waals surface area contributed by atoms with Crippen LogP contribution < -0.4 is 0 Å². The highest BCUT2D eigenvalue weighted by molar-refractivity contribution is 8.93. The zero-order valence-corrected chi connectivity index (χ0v) is 12.0. The van der Waals surface area contributed by atoms with Gasteiger partial charge in [-0.15, -0.1) is 17.0 Å². The topological polar surface area (TPSA) is 83.5 Å². The van der Waals surface area contributed by atoms with Gasteiger partial charge in [-0.25, -0.2) is 0 Å². The predicted molar refractivity (Wildman–Crippen MR) is 80.2 cm³/mol. The summed E-state index contributed by atoms with van der Waals surface area (Å²) in [6, 6.07) is 6.38. The van der Waals surface area contributed by atoms with Crippen molar-refractivity contribution in [3.05, 3.63) is 39.9 Å². The van der Waals surface area contributed by atoms with E-state index in [9.17, 15) is 10.1 Å². The highest BCUT2D eigenvalue weighted by atomic mass is 79.9. The third kappa shape index (κ3) is 2.66. The Morgan fingerprint density at radius 3 is 3.05 bits per heavy atom. The molecule has 0 N–H and O–H groups in total. The first kappa shape index (κ1) is 13.7. The molecule has 2 aliphatic rings. The summed E-state index contributed by atoms with van der Waals surface area (Å²) in [7, 11) is 0. The number of benzene rings is 1. The third-order valence-corrected chi connectivity index (χ3v) is 3.15. The number of amidine groups is 1. The van der Waals surface area contributed by atoms with Crippen molar-refractivity contribution in [3.63, 3.8) is 0 Å². The Labute approximate surface area is 123 Å². The molecule has 1 aromatic carbocycles. The number of hydrogen-bond acceptors (Lipinski definition) is 7. The van der Waals surface area contributed by atoms with E-state index < -0.39 is 4.92 Å². The van der Waals surface area contributed by atoms with Crippen molar-refractivity contribution in [1.82, 2.24) is 5.01 Å². The molecule has 19 heavy (non-hydrogen) atoms. The van der Waals surface area contributed by atoms with Crippen LogP contribution in [0.4, 0.5) is 5.69 Å². The predicted octanol–water partition coefficient (Wildman–Crippen LogP) is 2.24. The number of nitro groups is 1. The summed E-state index contributed by atoms with van der Waals surface area (Å²) in [4.78, 5) is 14.6. The Hall–Kier alpha value is -1.74. The maximum absolute atomic E-state index is 10.7. The van der Waals surface area contributed by atoms with Crippen LogP contribution in [-0.4, -0.2) is 33.7 Å². The first-order valence-electron chi connectivity index (χ1n) is 5.10. The fourth-order valence-corrected chi connectivity index (χ4v) is 2.15. The van der Waals surface area contributed by atoms with Crippen molar-refractivity contribution in [2.24, 2.45) is 14.5 Å². The van der Waals surface area contributed by atoms with Crippen LogP contribution in [0.3, 0.4) is 0 Å². The van der Waals surface area contributed by atoms with Gasteiger partial charge in [-0.1, -0.05) is 12.1 Å². The van der Waals surface area contributed by atoms with Gasteiger partial charge in [0.25, 0.3) is 5.69 Å². The van der Waals surface area contributed by atoms with Crippen molar-refractivity contribution in [2.45, 2.75) is 0 Å². The van der Waals surface area contributed by atoms with Crippen LogP contribution >= 0.6 is 28.9 Å². The molecular formula is C10H8BrN5O2S. The van der Waals surface area contributed by atoms with Crippen LogP contribution in [0.25, 0.3) is 0 Å². The van der Waals surface area contributed by atoms with E-state index in [4.69, 9.17) is 0 Å². The second-order valence-electron chi connectivity index (χ2n) is 3.61. The summed E-state index contributed by atoms with van der Waals surface area (Å²) in [5.41, 5.74) is 1.45. The summed E-state index contributed by atoms with van der Waals surface area (Å²) in [6.45, 7) is 0.406. The molecule has 9 heteroatoms. The number of non-ortho nitro benzene ring substituents is 1. The summed E-state index contributed by atoms with van der Waals surface area (Å²) < 4.78 is 3.97. The zero-order valence-electron chi connectivity index (χ0n) is 9.46. The van der Waals surface area contributed by atoms with Crippen LogP contribution in [0.5, 0.6) is 0 Å². The van der Waals surface area contributed by atoms with Crippen molar-refractivity contribution >= 4 is 51.8 Å². The summed E-state index contributed by atoms with van der Waals surface area (Å²) >= 11 is 1.26. The minimum absolute atomic E-state index is 0. The van der Waals surface area contributed by atoms with Crippen LogP contribution in [0.15, 0.2) is 38.8 Å². The molecule has 0 atom stereocenters. The van der Waals surface area contributed by atoms with Gasteiger partial charge in [0.2, 0.25) is 5.17 Å². The minimum atomic E-state index is -0.422. The third-order valence-electron chi connectivity index (χ3n) is 2.47. The van der Waals surface area contributed by atoms with Crippen molar-refractivity contribution in [3.8, 4) is 0 Å². The fourth-order valence-electron chi connectivity index (χ4n) is 1.63. The smallest absolute Gasteiger partial charge is 0.258 e. The summed E-state index contributed by atoms with van der Waals surface area (Å²) in [5.74, 6) is 0. The Balaban J connectivity index is 0.00000133. The monoisotopic (exact) mass is 341 g/mol. The molecule has 0 saturated heterocycles. The van der Waals surface area contributed by atoms with Gasteiger partial charge in [-0.3, -0.25) is 15.1 Å². The molecule has 0 spiro atoms. The Morgan fingerprint density at radius 1 is 1.42 bits per heavy atom. The summed E-state index contributed by atoms with van der Waals surface area (Å²) in [6.07, 6.45) is 1.57. The Kier molecular flexibility index (Phi) is 3.96. The van der Waals surface area contributed by atoms with E-state index >= 15 is 0 Å². The van der Waals surface area contributed by atoms with Crippen LogP contribution in [0.1, 0.15) is 5.56 Å². The lowest BCUT2D eigenvalue weighted by molar-refractivity contribution is -0.384.